The molecule has 4 rings (SSSR count). The fraction of sp³-hybridized carbons (Fsp3) is 0.391. The Labute approximate surface area is 169 Å². The second kappa shape index (κ2) is 8.44. The second-order valence-corrected chi connectivity index (χ2v) is 7.27. The number of rotatable bonds is 6. The first kappa shape index (κ1) is 19.1. The average molecular weight is 393 g/mol. The van der Waals surface area contributed by atoms with E-state index in [0.29, 0.717) is 30.3 Å². The van der Waals surface area contributed by atoms with Crippen LogP contribution in [0.15, 0.2) is 42.5 Å². The Balaban J connectivity index is 1.39. The van der Waals surface area contributed by atoms with Gasteiger partial charge in [-0.3, -0.25) is 4.79 Å². The van der Waals surface area contributed by atoms with Gasteiger partial charge in [-0.25, -0.2) is 0 Å². The van der Waals surface area contributed by atoms with Crippen molar-refractivity contribution in [3.63, 3.8) is 0 Å². The number of benzene rings is 2. The first-order valence-electron chi connectivity index (χ1n) is 9.92. The van der Waals surface area contributed by atoms with E-state index in [2.05, 4.69) is 6.07 Å². The molecule has 0 radical (unpaired) electrons. The molecular weight excluding hydrogens is 370 g/mol. The van der Waals surface area contributed by atoms with Crippen molar-refractivity contribution in [1.29, 1.82) is 5.26 Å². The topological polar surface area (TPSA) is 77.8 Å². The van der Waals surface area contributed by atoms with Gasteiger partial charge in [0.15, 0.2) is 11.5 Å². The summed E-state index contributed by atoms with van der Waals surface area (Å²) in [6.45, 7) is 1.49. The van der Waals surface area contributed by atoms with Crippen LogP contribution in [0.3, 0.4) is 0 Å². The minimum atomic E-state index is -0.635. The van der Waals surface area contributed by atoms with Gasteiger partial charge in [0.2, 0.25) is 0 Å². The van der Waals surface area contributed by atoms with E-state index < -0.39 is 5.41 Å². The number of esters is 1. The van der Waals surface area contributed by atoms with Crippen LogP contribution in [0.2, 0.25) is 0 Å². The van der Waals surface area contributed by atoms with E-state index in [1.165, 1.54) is 0 Å². The highest BCUT2D eigenvalue weighted by molar-refractivity contribution is 5.84. The summed E-state index contributed by atoms with van der Waals surface area (Å²) < 4.78 is 22.5. The second-order valence-electron chi connectivity index (χ2n) is 7.27. The summed E-state index contributed by atoms with van der Waals surface area (Å²) in [5.41, 5.74) is 0.869. The first-order chi connectivity index (χ1) is 14.2. The number of ether oxygens (including phenoxy) is 4. The van der Waals surface area contributed by atoms with Gasteiger partial charge in [-0.15, -0.1) is 0 Å². The number of carbonyl (C=O) groups is 1. The standard InChI is InChI=1S/C23H23NO5/c24-16-17-3-6-19(7-4-17)26-11-14-29-22(25)23(9-1-2-10-23)18-5-8-20-21(15-18)28-13-12-27-20/h3-8,15H,1-2,9-14H2. The van der Waals surface area contributed by atoms with Crippen LogP contribution >= 0.6 is 0 Å². The fourth-order valence-corrected chi connectivity index (χ4v) is 3.99. The molecule has 2 aromatic carbocycles. The van der Waals surface area contributed by atoms with Gasteiger partial charge >= 0.3 is 5.97 Å². The summed E-state index contributed by atoms with van der Waals surface area (Å²) in [6.07, 6.45) is 3.51. The van der Waals surface area contributed by atoms with Gasteiger partial charge in [-0.2, -0.15) is 5.26 Å². The van der Waals surface area contributed by atoms with Crippen molar-refractivity contribution in [3.05, 3.63) is 53.6 Å². The average Bonchev–Trinajstić information content (AvgIpc) is 3.28. The molecule has 0 aromatic heterocycles. The smallest absolute Gasteiger partial charge is 0.316 e. The molecule has 0 amide bonds. The maximum atomic E-state index is 13.0. The summed E-state index contributed by atoms with van der Waals surface area (Å²) in [5, 5.41) is 8.83. The molecule has 1 heterocycles. The number of hydrogen-bond donors (Lipinski definition) is 0. The van der Waals surface area contributed by atoms with E-state index in [1.54, 1.807) is 24.3 Å². The summed E-state index contributed by atoms with van der Waals surface area (Å²) >= 11 is 0. The summed E-state index contributed by atoms with van der Waals surface area (Å²) in [7, 11) is 0. The predicted octanol–water partition coefficient (Wildman–Crippen LogP) is 3.76. The zero-order valence-corrected chi connectivity index (χ0v) is 16.2. The maximum absolute atomic E-state index is 13.0. The third-order valence-electron chi connectivity index (χ3n) is 5.51. The highest BCUT2D eigenvalue weighted by atomic mass is 16.6. The van der Waals surface area contributed by atoms with E-state index in [4.69, 9.17) is 24.2 Å². The molecule has 1 aliphatic carbocycles. The third kappa shape index (κ3) is 4.00. The quantitative estimate of drug-likeness (QED) is 0.549. The Morgan fingerprint density at radius 3 is 2.45 bits per heavy atom. The SMILES string of the molecule is N#Cc1ccc(OCCOC(=O)C2(c3ccc4c(c3)OCCO4)CCCC2)cc1. The first-order valence-corrected chi connectivity index (χ1v) is 9.92. The molecular formula is C23H23NO5. The van der Waals surface area contributed by atoms with Crippen LogP contribution in [0.25, 0.3) is 0 Å². The number of hydrogen-bond acceptors (Lipinski definition) is 6. The lowest BCUT2D eigenvalue weighted by atomic mass is 9.78. The van der Waals surface area contributed by atoms with Crippen LogP contribution in [0.5, 0.6) is 17.2 Å². The Kier molecular flexibility index (Phi) is 5.57. The number of nitriles is 1. The lowest BCUT2D eigenvalue weighted by Gasteiger charge is -2.29. The molecule has 1 aliphatic heterocycles. The summed E-state index contributed by atoms with van der Waals surface area (Å²) in [4.78, 5) is 13.0. The van der Waals surface area contributed by atoms with Gasteiger partial charge in [0.05, 0.1) is 17.0 Å². The largest absolute Gasteiger partial charge is 0.490 e. The lowest BCUT2D eigenvalue weighted by molar-refractivity contribution is -0.151. The highest BCUT2D eigenvalue weighted by Gasteiger charge is 2.44. The number of carbonyl (C=O) groups excluding carboxylic acids is 1. The molecule has 0 N–H and O–H groups in total. The van der Waals surface area contributed by atoms with E-state index in [0.717, 1.165) is 37.0 Å². The molecule has 1 saturated carbocycles. The van der Waals surface area contributed by atoms with Gasteiger partial charge in [-0.1, -0.05) is 18.9 Å². The van der Waals surface area contributed by atoms with Crippen molar-refractivity contribution in [2.75, 3.05) is 26.4 Å². The van der Waals surface area contributed by atoms with E-state index in [-0.39, 0.29) is 19.2 Å². The molecule has 0 unspecified atom stereocenters. The van der Waals surface area contributed by atoms with Crippen LogP contribution in [0.1, 0.15) is 36.8 Å². The molecule has 1 fully saturated rings. The molecule has 0 bridgehead atoms. The molecule has 2 aliphatic rings. The molecule has 6 heteroatoms. The number of fused-ring (bicyclic) bond motifs is 1. The Morgan fingerprint density at radius 2 is 1.72 bits per heavy atom. The normalized spacial score (nSPS) is 16.7. The number of nitrogens with zero attached hydrogens (tertiary/aromatic N) is 1. The van der Waals surface area contributed by atoms with Crippen molar-refractivity contribution in [2.24, 2.45) is 0 Å². The van der Waals surface area contributed by atoms with Crippen molar-refractivity contribution in [3.8, 4) is 23.3 Å². The highest BCUT2D eigenvalue weighted by Crippen LogP contribution is 2.45. The molecule has 0 spiro atoms. The van der Waals surface area contributed by atoms with E-state index in [9.17, 15) is 4.79 Å². The Morgan fingerprint density at radius 1 is 1.00 bits per heavy atom. The van der Waals surface area contributed by atoms with E-state index >= 15 is 0 Å². The summed E-state index contributed by atoms with van der Waals surface area (Å²) in [6, 6.07) is 14.7. The third-order valence-corrected chi connectivity index (χ3v) is 5.51. The van der Waals surface area contributed by atoms with Gasteiger partial charge in [0.25, 0.3) is 0 Å². The molecule has 0 saturated heterocycles. The minimum Gasteiger partial charge on any atom is -0.490 e. The van der Waals surface area contributed by atoms with E-state index in [1.807, 2.05) is 18.2 Å². The van der Waals surface area contributed by atoms with Gasteiger partial charge < -0.3 is 18.9 Å². The van der Waals surface area contributed by atoms with Crippen molar-refractivity contribution in [1.82, 2.24) is 0 Å². The monoisotopic (exact) mass is 393 g/mol. The summed E-state index contributed by atoms with van der Waals surface area (Å²) in [5.74, 6) is 1.84. The van der Waals surface area contributed by atoms with Gasteiger partial charge in [-0.05, 0) is 54.8 Å². The molecule has 2 aromatic rings. The van der Waals surface area contributed by atoms with Crippen LogP contribution in [-0.4, -0.2) is 32.4 Å². The van der Waals surface area contributed by atoms with Crippen LogP contribution in [-0.2, 0) is 14.9 Å². The van der Waals surface area contributed by atoms with Crippen molar-refractivity contribution in [2.45, 2.75) is 31.1 Å². The fourth-order valence-electron chi connectivity index (χ4n) is 3.99. The minimum absolute atomic E-state index is 0.172. The zero-order chi connectivity index (χ0) is 20.1. The van der Waals surface area contributed by atoms with Crippen LogP contribution in [0, 0.1) is 11.3 Å². The molecule has 150 valence electrons. The van der Waals surface area contributed by atoms with Crippen molar-refractivity contribution < 1.29 is 23.7 Å². The van der Waals surface area contributed by atoms with Gasteiger partial charge in [0, 0.05) is 0 Å². The van der Waals surface area contributed by atoms with Crippen LogP contribution < -0.4 is 14.2 Å². The predicted molar refractivity (Wildman–Crippen MR) is 105 cm³/mol. The molecule has 6 nitrogen and oxygen atoms in total. The van der Waals surface area contributed by atoms with Crippen molar-refractivity contribution >= 4 is 5.97 Å². The maximum Gasteiger partial charge on any atom is 0.316 e. The molecule has 29 heavy (non-hydrogen) atoms. The molecule has 0 atom stereocenters. The Bertz CT molecular complexity index is 910. The van der Waals surface area contributed by atoms with Gasteiger partial charge in [0.1, 0.15) is 32.2 Å². The lowest BCUT2D eigenvalue weighted by Crippen LogP contribution is -2.35. The zero-order valence-electron chi connectivity index (χ0n) is 16.2. The van der Waals surface area contributed by atoms with Crippen LogP contribution in [0.4, 0.5) is 0 Å². The Hall–Kier alpha value is -3.20.